The van der Waals surface area contributed by atoms with Gasteiger partial charge < -0.3 is 9.64 Å². The fraction of sp³-hybridized carbons (Fsp3) is 0.368. The number of benzene rings is 2. The fourth-order valence-corrected chi connectivity index (χ4v) is 2.41. The molecule has 0 atom stereocenters. The minimum absolute atomic E-state index is 0.710. The summed E-state index contributed by atoms with van der Waals surface area (Å²) in [5.74, 6) is 0.957. The van der Waals surface area contributed by atoms with E-state index >= 15 is 0 Å². The predicted octanol–water partition coefficient (Wildman–Crippen LogP) is 4.89. The zero-order valence-corrected chi connectivity index (χ0v) is 13.1. The molecule has 0 amide bonds. The van der Waals surface area contributed by atoms with Crippen LogP contribution < -0.4 is 9.64 Å². The summed E-state index contributed by atoms with van der Waals surface area (Å²) in [6.45, 7) is 6.97. The summed E-state index contributed by atoms with van der Waals surface area (Å²) < 4.78 is 5.60. The highest BCUT2D eigenvalue weighted by atomic mass is 16.5. The predicted molar refractivity (Wildman–Crippen MR) is 90.0 cm³/mol. The lowest BCUT2D eigenvalue weighted by Gasteiger charge is -2.25. The van der Waals surface area contributed by atoms with Gasteiger partial charge in [0.05, 0.1) is 6.61 Å². The van der Waals surface area contributed by atoms with E-state index in [2.05, 4.69) is 60.4 Å². The molecule has 2 aromatic carbocycles. The number of para-hydroxylation sites is 1. The SMILES string of the molecule is CCCCN(Cc1cccc(OCC)c1)c1ccccc1. The number of ether oxygens (including phenoxy) is 1. The fourth-order valence-electron chi connectivity index (χ4n) is 2.41. The van der Waals surface area contributed by atoms with E-state index in [-0.39, 0.29) is 0 Å². The zero-order chi connectivity index (χ0) is 14.9. The molecule has 2 aromatic rings. The topological polar surface area (TPSA) is 12.5 Å². The molecular weight excluding hydrogens is 258 g/mol. The maximum Gasteiger partial charge on any atom is 0.119 e. The van der Waals surface area contributed by atoms with Gasteiger partial charge in [0.1, 0.15) is 5.75 Å². The van der Waals surface area contributed by atoms with Gasteiger partial charge in [-0.1, -0.05) is 43.7 Å². The number of hydrogen-bond acceptors (Lipinski definition) is 2. The zero-order valence-electron chi connectivity index (χ0n) is 13.1. The largest absolute Gasteiger partial charge is 0.494 e. The Kier molecular flexibility index (Phi) is 6.14. The summed E-state index contributed by atoms with van der Waals surface area (Å²) in [6, 6.07) is 19.0. The van der Waals surface area contributed by atoms with Crippen LogP contribution in [0, 0.1) is 0 Å². The van der Waals surface area contributed by atoms with E-state index < -0.39 is 0 Å². The molecule has 0 aliphatic carbocycles. The highest BCUT2D eigenvalue weighted by Gasteiger charge is 2.07. The summed E-state index contributed by atoms with van der Waals surface area (Å²) in [6.07, 6.45) is 2.42. The van der Waals surface area contributed by atoms with E-state index in [4.69, 9.17) is 4.74 Å². The molecule has 0 saturated carbocycles. The van der Waals surface area contributed by atoms with Gasteiger partial charge in [0.2, 0.25) is 0 Å². The Hall–Kier alpha value is -1.96. The average Bonchev–Trinajstić information content (AvgIpc) is 2.53. The molecule has 0 heterocycles. The van der Waals surface area contributed by atoms with Crippen molar-refractivity contribution in [3.8, 4) is 5.75 Å². The molecule has 0 radical (unpaired) electrons. The Morgan fingerprint density at radius 3 is 2.48 bits per heavy atom. The highest BCUT2D eigenvalue weighted by Crippen LogP contribution is 2.20. The quantitative estimate of drug-likeness (QED) is 0.683. The summed E-state index contributed by atoms with van der Waals surface area (Å²) in [5, 5.41) is 0. The lowest BCUT2D eigenvalue weighted by molar-refractivity contribution is 0.340. The van der Waals surface area contributed by atoms with Gasteiger partial charge in [-0.3, -0.25) is 0 Å². The smallest absolute Gasteiger partial charge is 0.119 e. The van der Waals surface area contributed by atoms with Gasteiger partial charge in [-0.15, -0.1) is 0 Å². The van der Waals surface area contributed by atoms with E-state index in [1.807, 2.05) is 13.0 Å². The standard InChI is InChI=1S/C19H25NO/c1-3-5-14-20(18-11-7-6-8-12-18)16-17-10-9-13-19(15-17)21-4-2/h6-13,15H,3-5,14,16H2,1-2H3. The van der Waals surface area contributed by atoms with Crippen molar-refractivity contribution in [3.05, 3.63) is 60.2 Å². The van der Waals surface area contributed by atoms with Crippen molar-refractivity contribution in [2.75, 3.05) is 18.1 Å². The normalized spacial score (nSPS) is 10.4. The monoisotopic (exact) mass is 283 g/mol. The van der Waals surface area contributed by atoms with Crippen LogP contribution in [0.15, 0.2) is 54.6 Å². The van der Waals surface area contributed by atoms with Crippen LogP contribution in [-0.2, 0) is 6.54 Å². The Morgan fingerprint density at radius 1 is 0.952 bits per heavy atom. The lowest BCUT2D eigenvalue weighted by atomic mass is 10.1. The van der Waals surface area contributed by atoms with Crippen LogP contribution in [-0.4, -0.2) is 13.2 Å². The van der Waals surface area contributed by atoms with E-state index in [1.54, 1.807) is 0 Å². The molecule has 0 unspecified atom stereocenters. The van der Waals surface area contributed by atoms with E-state index in [0.29, 0.717) is 6.61 Å². The van der Waals surface area contributed by atoms with Crippen molar-refractivity contribution in [1.29, 1.82) is 0 Å². The molecule has 0 bridgehead atoms. The minimum Gasteiger partial charge on any atom is -0.494 e. The van der Waals surface area contributed by atoms with E-state index in [0.717, 1.165) is 18.8 Å². The Bertz CT molecular complexity index is 524. The Balaban J connectivity index is 2.12. The summed E-state index contributed by atoms with van der Waals surface area (Å²) >= 11 is 0. The molecule has 0 saturated heterocycles. The number of hydrogen-bond donors (Lipinski definition) is 0. The number of anilines is 1. The van der Waals surface area contributed by atoms with Crippen LogP contribution in [0.5, 0.6) is 5.75 Å². The third-order valence-electron chi connectivity index (χ3n) is 3.49. The van der Waals surface area contributed by atoms with Crippen molar-refractivity contribution in [3.63, 3.8) is 0 Å². The molecule has 0 N–H and O–H groups in total. The van der Waals surface area contributed by atoms with Crippen LogP contribution >= 0.6 is 0 Å². The van der Waals surface area contributed by atoms with Gasteiger partial charge in [0.15, 0.2) is 0 Å². The molecular formula is C19H25NO. The third-order valence-corrected chi connectivity index (χ3v) is 3.49. The molecule has 2 heteroatoms. The first-order valence-electron chi connectivity index (χ1n) is 7.85. The maximum absolute atomic E-state index is 5.60. The summed E-state index contributed by atoms with van der Waals surface area (Å²) in [4.78, 5) is 2.44. The number of unbranched alkanes of at least 4 members (excludes halogenated alkanes) is 1. The molecule has 0 spiro atoms. The highest BCUT2D eigenvalue weighted by molar-refractivity contribution is 5.47. The van der Waals surface area contributed by atoms with Crippen molar-refractivity contribution < 1.29 is 4.74 Å². The second kappa shape index (κ2) is 8.35. The van der Waals surface area contributed by atoms with Crippen LogP contribution in [0.1, 0.15) is 32.3 Å². The maximum atomic E-state index is 5.60. The first-order chi connectivity index (χ1) is 10.3. The van der Waals surface area contributed by atoms with Crippen LogP contribution in [0.4, 0.5) is 5.69 Å². The van der Waals surface area contributed by atoms with Crippen LogP contribution in [0.25, 0.3) is 0 Å². The van der Waals surface area contributed by atoms with Crippen molar-refractivity contribution >= 4 is 5.69 Å². The summed E-state index contributed by atoms with van der Waals surface area (Å²) in [5.41, 5.74) is 2.58. The second-order valence-corrected chi connectivity index (χ2v) is 5.19. The molecule has 0 fully saturated rings. The molecule has 0 aliphatic heterocycles. The van der Waals surface area contributed by atoms with Gasteiger partial charge in [-0.05, 0) is 43.2 Å². The summed E-state index contributed by atoms with van der Waals surface area (Å²) in [7, 11) is 0. The lowest BCUT2D eigenvalue weighted by Crippen LogP contribution is -2.23. The Labute approximate surface area is 128 Å². The number of rotatable bonds is 8. The minimum atomic E-state index is 0.710. The molecule has 112 valence electrons. The van der Waals surface area contributed by atoms with Crippen molar-refractivity contribution in [2.24, 2.45) is 0 Å². The molecule has 21 heavy (non-hydrogen) atoms. The molecule has 2 rings (SSSR count). The van der Waals surface area contributed by atoms with Gasteiger partial charge in [-0.2, -0.15) is 0 Å². The Morgan fingerprint density at radius 2 is 1.76 bits per heavy atom. The third kappa shape index (κ3) is 4.82. The van der Waals surface area contributed by atoms with Gasteiger partial charge in [0, 0.05) is 18.8 Å². The van der Waals surface area contributed by atoms with Gasteiger partial charge in [-0.25, -0.2) is 0 Å². The molecule has 0 aromatic heterocycles. The van der Waals surface area contributed by atoms with E-state index in [9.17, 15) is 0 Å². The first kappa shape index (κ1) is 15.4. The number of nitrogens with zero attached hydrogens (tertiary/aromatic N) is 1. The van der Waals surface area contributed by atoms with Crippen molar-refractivity contribution in [1.82, 2.24) is 0 Å². The van der Waals surface area contributed by atoms with E-state index in [1.165, 1.54) is 24.1 Å². The van der Waals surface area contributed by atoms with Crippen LogP contribution in [0.2, 0.25) is 0 Å². The molecule has 0 aliphatic rings. The van der Waals surface area contributed by atoms with Crippen LogP contribution in [0.3, 0.4) is 0 Å². The van der Waals surface area contributed by atoms with Crippen molar-refractivity contribution in [2.45, 2.75) is 33.2 Å². The van der Waals surface area contributed by atoms with Gasteiger partial charge in [0.25, 0.3) is 0 Å². The second-order valence-electron chi connectivity index (χ2n) is 5.19. The van der Waals surface area contributed by atoms with Gasteiger partial charge >= 0.3 is 0 Å². The molecule has 2 nitrogen and oxygen atoms in total. The first-order valence-corrected chi connectivity index (χ1v) is 7.85. The average molecular weight is 283 g/mol.